The molecular formula is C35H41N3O2. The lowest BCUT2D eigenvalue weighted by molar-refractivity contribution is -0.120. The fourth-order valence-corrected chi connectivity index (χ4v) is 6.45. The minimum absolute atomic E-state index is 0.0941. The van der Waals surface area contributed by atoms with Crippen LogP contribution in [0.5, 0.6) is 5.75 Å². The number of para-hydroxylation sites is 1. The molecule has 2 aliphatic rings. The Morgan fingerprint density at radius 2 is 1.62 bits per heavy atom. The molecule has 1 saturated heterocycles. The molecule has 5 heteroatoms. The quantitative estimate of drug-likeness (QED) is 0.257. The van der Waals surface area contributed by atoms with E-state index in [1.165, 1.54) is 24.8 Å². The molecular weight excluding hydrogens is 494 g/mol. The lowest BCUT2D eigenvalue weighted by Crippen LogP contribution is -2.44. The Labute approximate surface area is 239 Å². The number of carbonyl (C=O) groups excluding carboxylic acids is 1. The van der Waals surface area contributed by atoms with Crippen LogP contribution in [0.2, 0.25) is 0 Å². The van der Waals surface area contributed by atoms with Crippen LogP contribution in [0, 0.1) is 11.3 Å². The molecule has 0 saturated carbocycles. The number of rotatable bonds is 10. The molecule has 208 valence electrons. The summed E-state index contributed by atoms with van der Waals surface area (Å²) in [7, 11) is 0. The van der Waals surface area contributed by atoms with Gasteiger partial charge in [-0.2, -0.15) is 5.26 Å². The minimum atomic E-state index is -0.385. The molecule has 0 spiro atoms. The second kappa shape index (κ2) is 13.2. The number of hydrogen-bond donors (Lipinski definition) is 0. The molecule has 0 aromatic heterocycles. The van der Waals surface area contributed by atoms with E-state index in [0.717, 1.165) is 42.6 Å². The van der Waals surface area contributed by atoms with Crippen molar-refractivity contribution in [2.24, 2.45) is 0 Å². The van der Waals surface area contributed by atoms with E-state index >= 15 is 0 Å². The fraction of sp³-hybridized carbons (Fsp3) is 0.429. The van der Waals surface area contributed by atoms with Gasteiger partial charge in [-0.05, 0) is 87.9 Å². The normalized spacial score (nSPS) is 21.1. The van der Waals surface area contributed by atoms with Gasteiger partial charge in [0.25, 0.3) is 0 Å². The fourth-order valence-electron chi connectivity index (χ4n) is 6.45. The maximum Gasteiger partial charge on any atom is 0.235 e. The van der Waals surface area contributed by atoms with Gasteiger partial charge < -0.3 is 9.64 Å². The molecule has 2 heterocycles. The number of fused-ring (bicyclic) bond motifs is 1. The minimum Gasteiger partial charge on any atom is -0.489 e. The van der Waals surface area contributed by atoms with Gasteiger partial charge in [0.05, 0.1) is 17.6 Å². The van der Waals surface area contributed by atoms with Crippen LogP contribution in [0.1, 0.15) is 80.5 Å². The van der Waals surface area contributed by atoms with Crippen molar-refractivity contribution in [2.75, 3.05) is 18.0 Å². The first-order chi connectivity index (χ1) is 19.5. The highest BCUT2D eigenvalue weighted by Gasteiger charge is 2.35. The van der Waals surface area contributed by atoms with Crippen LogP contribution < -0.4 is 9.64 Å². The van der Waals surface area contributed by atoms with Crippen molar-refractivity contribution in [3.8, 4) is 11.8 Å². The van der Waals surface area contributed by atoms with E-state index < -0.39 is 0 Å². The number of benzene rings is 3. The molecule has 0 radical (unpaired) electrons. The maximum atomic E-state index is 14.1. The first kappa shape index (κ1) is 27.9. The topological polar surface area (TPSA) is 56.6 Å². The summed E-state index contributed by atoms with van der Waals surface area (Å²) in [6.07, 6.45) is 7.77. The van der Waals surface area contributed by atoms with Gasteiger partial charge in [0, 0.05) is 29.9 Å². The summed E-state index contributed by atoms with van der Waals surface area (Å²) in [5, 5.41) is 9.64. The number of ether oxygens (including phenoxy) is 1. The lowest BCUT2D eigenvalue weighted by atomic mass is 9.85. The van der Waals surface area contributed by atoms with Gasteiger partial charge in [0.15, 0.2) is 0 Å². The van der Waals surface area contributed by atoms with Crippen LogP contribution in [-0.2, 0) is 17.8 Å². The zero-order valence-corrected chi connectivity index (χ0v) is 23.9. The monoisotopic (exact) mass is 535 g/mol. The predicted octanol–water partition coefficient (Wildman–Crippen LogP) is 7.24. The number of piperidine rings is 1. The maximum absolute atomic E-state index is 14.1. The van der Waals surface area contributed by atoms with Gasteiger partial charge in [0.2, 0.25) is 5.91 Å². The van der Waals surface area contributed by atoms with Crippen LogP contribution in [0.15, 0.2) is 72.8 Å². The molecule has 0 aliphatic carbocycles. The number of anilines is 1. The van der Waals surface area contributed by atoms with Gasteiger partial charge in [0.1, 0.15) is 12.4 Å². The van der Waals surface area contributed by atoms with Crippen molar-refractivity contribution in [3.05, 3.63) is 95.1 Å². The Bertz CT molecular complexity index is 1320. The molecule has 0 bridgehead atoms. The predicted molar refractivity (Wildman–Crippen MR) is 161 cm³/mol. The van der Waals surface area contributed by atoms with Crippen LogP contribution in [0.3, 0.4) is 0 Å². The van der Waals surface area contributed by atoms with Gasteiger partial charge in [-0.25, -0.2) is 0 Å². The molecule has 3 aromatic rings. The lowest BCUT2D eigenvalue weighted by Gasteiger charge is -2.39. The SMILES string of the molecule is C[C@@H]1CCC[C@H](C)N1CCCCCN1C(=O)C(c2cc(C#N)ccc2OCc2ccccc2)Cc2ccccc21. The Morgan fingerprint density at radius 3 is 2.40 bits per heavy atom. The zero-order chi connectivity index (χ0) is 27.9. The third-order valence-corrected chi connectivity index (χ3v) is 8.70. The van der Waals surface area contributed by atoms with Crippen LogP contribution >= 0.6 is 0 Å². The molecule has 1 amide bonds. The third-order valence-electron chi connectivity index (χ3n) is 8.70. The molecule has 5 nitrogen and oxygen atoms in total. The highest BCUT2D eigenvalue weighted by Crippen LogP contribution is 2.39. The third kappa shape index (κ3) is 6.40. The number of nitrogens with zero attached hydrogens (tertiary/aromatic N) is 3. The molecule has 0 N–H and O–H groups in total. The first-order valence-electron chi connectivity index (χ1n) is 14.9. The summed E-state index contributed by atoms with van der Waals surface area (Å²) >= 11 is 0. The Kier molecular flexibility index (Phi) is 9.19. The molecule has 2 aliphatic heterocycles. The van der Waals surface area contributed by atoms with Crippen molar-refractivity contribution in [3.63, 3.8) is 0 Å². The average molecular weight is 536 g/mol. The van der Waals surface area contributed by atoms with Gasteiger partial charge >= 0.3 is 0 Å². The van der Waals surface area contributed by atoms with E-state index in [-0.39, 0.29) is 11.8 Å². The molecule has 3 aromatic carbocycles. The van der Waals surface area contributed by atoms with Crippen molar-refractivity contribution in [1.29, 1.82) is 5.26 Å². The summed E-state index contributed by atoms with van der Waals surface area (Å²) < 4.78 is 6.25. The van der Waals surface area contributed by atoms with Crippen LogP contribution in [0.4, 0.5) is 5.69 Å². The summed E-state index contributed by atoms with van der Waals surface area (Å²) in [5.74, 6) is 0.381. The second-order valence-corrected chi connectivity index (χ2v) is 11.4. The Balaban J connectivity index is 1.31. The van der Waals surface area contributed by atoms with Crippen LogP contribution in [0.25, 0.3) is 0 Å². The first-order valence-corrected chi connectivity index (χ1v) is 14.9. The Morgan fingerprint density at radius 1 is 0.900 bits per heavy atom. The van der Waals surface area contributed by atoms with Crippen molar-refractivity contribution in [1.82, 2.24) is 4.90 Å². The second-order valence-electron chi connectivity index (χ2n) is 11.4. The van der Waals surface area contributed by atoms with E-state index in [9.17, 15) is 10.1 Å². The van der Waals surface area contributed by atoms with Crippen molar-refractivity contribution >= 4 is 11.6 Å². The van der Waals surface area contributed by atoms with Gasteiger partial charge in [-0.3, -0.25) is 9.69 Å². The van der Waals surface area contributed by atoms with Gasteiger partial charge in [-0.1, -0.05) is 61.4 Å². The van der Waals surface area contributed by atoms with E-state index in [1.54, 1.807) is 6.07 Å². The molecule has 1 fully saturated rings. The van der Waals surface area contributed by atoms with Crippen molar-refractivity contribution < 1.29 is 9.53 Å². The smallest absolute Gasteiger partial charge is 0.235 e. The molecule has 1 unspecified atom stereocenters. The van der Waals surface area contributed by atoms with E-state index in [0.29, 0.717) is 43.0 Å². The number of amides is 1. The number of hydrogen-bond acceptors (Lipinski definition) is 4. The standard InChI is InChI=1S/C35H41N3O2/c1-26-12-11-13-27(2)37(26)20-9-4-10-21-38-33-17-8-7-16-30(33)23-32(35(38)39)31-22-29(24-36)18-19-34(31)40-25-28-14-5-3-6-15-28/h3,5-8,14-19,22,26-27,32H,4,9-13,20-21,23,25H2,1-2H3/t26-,27+,32?. The largest absolute Gasteiger partial charge is 0.489 e. The highest BCUT2D eigenvalue weighted by atomic mass is 16.5. The number of nitriles is 1. The number of carbonyl (C=O) groups is 1. The number of likely N-dealkylation sites (tertiary alicyclic amines) is 1. The van der Waals surface area contributed by atoms with Crippen molar-refractivity contribution in [2.45, 2.75) is 83.4 Å². The van der Waals surface area contributed by atoms with Gasteiger partial charge in [-0.15, -0.1) is 0 Å². The molecule has 40 heavy (non-hydrogen) atoms. The number of unbranched alkanes of at least 4 members (excludes halogenated alkanes) is 2. The zero-order valence-electron chi connectivity index (χ0n) is 23.9. The average Bonchev–Trinajstić information content (AvgIpc) is 2.98. The molecule has 5 rings (SSSR count). The van der Waals surface area contributed by atoms with E-state index in [2.05, 4.69) is 36.9 Å². The van der Waals surface area contributed by atoms with E-state index in [4.69, 9.17) is 4.74 Å². The summed E-state index contributed by atoms with van der Waals surface area (Å²) in [6.45, 7) is 6.97. The summed E-state index contributed by atoms with van der Waals surface area (Å²) in [4.78, 5) is 18.7. The van der Waals surface area contributed by atoms with E-state index in [1.807, 2.05) is 59.5 Å². The molecule has 3 atom stereocenters. The van der Waals surface area contributed by atoms with Crippen LogP contribution in [-0.4, -0.2) is 36.0 Å². The Hall–Kier alpha value is -3.62. The summed E-state index contributed by atoms with van der Waals surface area (Å²) in [6, 6.07) is 27.3. The summed E-state index contributed by atoms with van der Waals surface area (Å²) in [5.41, 5.74) is 4.59. The highest BCUT2D eigenvalue weighted by molar-refractivity contribution is 6.01.